The number of benzene rings is 2. The minimum absolute atomic E-state index is 0.146. The molecular formula is C21H21BrN4O2S. The molecule has 2 aromatic carbocycles. The Balaban J connectivity index is 1.49. The number of hydrogen-bond acceptors (Lipinski definition) is 4. The fourth-order valence-corrected chi connectivity index (χ4v) is 3.82. The molecule has 0 fully saturated rings. The third-order valence-electron chi connectivity index (χ3n) is 3.96. The van der Waals surface area contributed by atoms with Crippen LogP contribution in [0, 0.1) is 13.8 Å². The number of aryl methyl sites for hydroxylation is 2. The zero-order valence-electron chi connectivity index (χ0n) is 16.1. The maximum absolute atomic E-state index is 12.2. The van der Waals surface area contributed by atoms with E-state index >= 15 is 0 Å². The van der Waals surface area contributed by atoms with E-state index in [0.29, 0.717) is 5.69 Å². The van der Waals surface area contributed by atoms with Crippen LogP contribution in [0.15, 0.2) is 59.1 Å². The molecule has 0 radical (unpaired) electrons. The molecule has 0 aliphatic carbocycles. The summed E-state index contributed by atoms with van der Waals surface area (Å²) in [7, 11) is 0. The highest BCUT2D eigenvalue weighted by atomic mass is 79.9. The van der Waals surface area contributed by atoms with Crippen molar-refractivity contribution in [2.24, 2.45) is 0 Å². The molecule has 1 heterocycles. The Labute approximate surface area is 182 Å². The number of rotatable bonds is 7. The van der Waals surface area contributed by atoms with Crippen molar-refractivity contribution in [2.45, 2.75) is 13.8 Å². The first-order chi connectivity index (χ1) is 13.9. The van der Waals surface area contributed by atoms with Crippen LogP contribution in [0.1, 0.15) is 11.4 Å². The molecule has 3 rings (SSSR count). The summed E-state index contributed by atoms with van der Waals surface area (Å²) in [6.45, 7) is 3.93. The Bertz CT molecular complexity index is 1040. The molecule has 0 unspecified atom stereocenters. The van der Waals surface area contributed by atoms with Crippen LogP contribution in [-0.4, -0.2) is 33.1 Å². The molecular weight excluding hydrogens is 452 g/mol. The fourth-order valence-electron chi connectivity index (χ4n) is 2.80. The maximum Gasteiger partial charge on any atom is 0.234 e. The highest BCUT2D eigenvalue weighted by Crippen LogP contribution is 2.18. The number of carbonyl (C=O) groups is 2. The standard InChI is InChI=1S/C21H21BrN4O2S/c1-14-9-15(2)26(25-14)19-8-4-7-18(11-19)24-21(28)13-29-12-20(27)23-17-6-3-5-16(22)10-17/h3-11H,12-13H2,1-2H3,(H,23,27)(H,24,28). The molecule has 29 heavy (non-hydrogen) atoms. The van der Waals surface area contributed by atoms with E-state index in [1.807, 2.05) is 73.1 Å². The summed E-state index contributed by atoms with van der Waals surface area (Å²) in [4.78, 5) is 24.2. The van der Waals surface area contributed by atoms with Crippen molar-refractivity contribution < 1.29 is 9.59 Å². The number of halogens is 1. The molecule has 1 aromatic heterocycles. The quantitative estimate of drug-likeness (QED) is 0.528. The van der Waals surface area contributed by atoms with Gasteiger partial charge < -0.3 is 10.6 Å². The van der Waals surface area contributed by atoms with E-state index in [4.69, 9.17) is 0 Å². The lowest BCUT2D eigenvalue weighted by molar-refractivity contribution is -0.114. The van der Waals surface area contributed by atoms with Gasteiger partial charge in [0.15, 0.2) is 0 Å². The first-order valence-electron chi connectivity index (χ1n) is 8.97. The van der Waals surface area contributed by atoms with Gasteiger partial charge in [0.05, 0.1) is 22.9 Å². The predicted octanol–water partition coefficient (Wildman–Crippen LogP) is 4.56. The molecule has 3 aromatic rings. The third kappa shape index (κ3) is 6.20. The van der Waals surface area contributed by atoms with E-state index < -0.39 is 0 Å². The van der Waals surface area contributed by atoms with Gasteiger partial charge in [0.2, 0.25) is 11.8 Å². The van der Waals surface area contributed by atoms with E-state index in [1.165, 1.54) is 11.8 Å². The van der Waals surface area contributed by atoms with E-state index in [0.717, 1.165) is 27.2 Å². The lowest BCUT2D eigenvalue weighted by Crippen LogP contribution is -2.18. The van der Waals surface area contributed by atoms with Gasteiger partial charge in [-0.3, -0.25) is 9.59 Å². The van der Waals surface area contributed by atoms with Gasteiger partial charge >= 0.3 is 0 Å². The summed E-state index contributed by atoms with van der Waals surface area (Å²) in [5.41, 5.74) is 4.26. The largest absolute Gasteiger partial charge is 0.325 e. The molecule has 150 valence electrons. The number of amides is 2. The Morgan fingerprint density at radius 1 is 0.966 bits per heavy atom. The van der Waals surface area contributed by atoms with Crippen LogP contribution >= 0.6 is 27.7 Å². The van der Waals surface area contributed by atoms with Crippen LogP contribution in [0.2, 0.25) is 0 Å². The highest BCUT2D eigenvalue weighted by Gasteiger charge is 2.09. The van der Waals surface area contributed by atoms with Crippen LogP contribution in [0.5, 0.6) is 0 Å². The minimum Gasteiger partial charge on any atom is -0.325 e. The van der Waals surface area contributed by atoms with E-state index in [2.05, 4.69) is 31.7 Å². The topological polar surface area (TPSA) is 76.0 Å². The monoisotopic (exact) mass is 472 g/mol. The average Bonchev–Trinajstić information content (AvgIpc) is 3.00. The maximum atomic E-state index is 12.2. The van der Waals surface area contributed by atoms with Gasteiger partial charge in [-0.2, -0.15) is 5.10 Å². The Hall–Kier alpha value is -2.58. The Kier molecular flexibility index (Phi) is 7.11. The van der Waals surface area contributed by atoms with Crippen LogP contribution in [0.3, 0.4) is 0 Å². The fraction of sp³-hybridized carbons (Fsp3) is 0.190. The van der Waals surface area contributed by atoms with Crippen LogP contribution in [0.4, 0.5) is 11.4 Å². The van der Waals surface area contributed by atoms with Crippen LogP contribution in [0.25, 0.3) is 5.69 Å². The van der Waals surface area contributed by atoms with Gasteiger partial charge in [0, 0.05) is 21.5 Å². The molecule has 0 aliphatic rings. The predicted molar refractivity (Wildman–Crippen MR) is 122 cm³/mol. The van der Waals surface area contributed by atoms with Gasteiger partial charge in [0.1, 0.15) is 0 Å². The van der Waals surface area contributed by atoms with Crippen molar-refractivity contribution in [2.75, 3.05) is 22.1 Å². The van der Waals surface area contributed by atoms with Gasteiger partial charge in [-0.25, -0.2) is 4.68 Å². The normalized spacial score (nSPS) is 10.6. The SMILES string of the molecule is Cc1cc(C)n(-c2cccc(NC(=O)CSCC(=O)Nc3cccc(Br)c3)c2)n1. The lowest BCUT2D eigenvalue weighted by atomic mass is 10.2. The second kappa shape index (κ2) is 9.76. The summed E-state index contributed by atoms with van der Waals surface area (Å²) in [6, 6.07) is 16.9. The molecule has 0 aliphatic heterocycles. The number of carbonyl (C=O) groups excluding carboxylic acids is 2. The summed E-state index contributed by atoms with van der Waals surface area (Å²) < 4.78 is 2.73. The van der Waals surface area contributed by atoms with Crippen molar-refractivity contribution in [1.82, 2.24) is 9.78 Å². The molecule has 2 N–H and O–H groups in total. The number of thioether (sulfide) groups is 1. The first kappa shape index (κ1) is 21.1. The van der Waals surface area contributed by atoms with Crippen molar-refractivity contribution in [3.05, 3.63) is 70.5 Å². The van der Waals surface area contributed by atoms with Gasteiger partial charge in [-0.15, -0.1) is 11.8 Å². The number of aromatic nitrogens is 2. The minimum atomic E-state index is -0.157. The summed E-state index contributed by atoms with van der Waals surface area (Å²) in [5, 5.41) is 10.1. The lowest BCUT2D eigenvalue weighted by Gasteiger charge is -2.09. The molecule has 6 nitrogen and oxygen atoms in total. The van der Waals surface area contributed by atoms with Gasteiger partial charge in [-0.05, 0) is 56.3 Å². The van der Waals surface area contributed by atoms with Crippen molar-refractivity contribution in [3.63, 3.8) is 0 Å². The number of nitrogens with one attached hydrogen (secondary N) is 2. The second-order valence-electron chi connectivity index (χ2n) is 6.49. The Morgan fingerprint density at radius 2 is 1.59 bits per heavy atom. The van der Waals surface area contributed by atoms with Gasteiger partial charge in [0.25, 0.3) is 0 Å². The zero-order valence-corrected chi connectivity index (χ0v) is 18.5. The highest BCUT2D eigenvalue weighted by molar-refractivity contribution is 9.10. The van der Waals surface area contributed by atoms with Crippen LogP contribution in [-0.2, 0) is 9.59 Å². The number of nitrogens with zero attached hydrogens (tertiary/aromatic N) is 2. The molecule has 0 bridgehead atoms. The van der Waals surface area contributed by atoms with E-state index in [1.54, 1.807) is 0 Å². The molecule has 0 spiro atoms. The zero-order chi connectivity index (χ0) is 20.8. The number of anilines is 2. The molecule has 2 amide bonds. The van der Waals surface area contributed by atoms with Crippen molar-refractivity contribution in [3.8, 4) is 5.69 Å². The second-order valence-corrected chi connectivity index (χ2v) is 8.39. The van der Waals surface area contributed by atoms with Crippen molar-refractivity contribution in [1.29, 1.82) is 0 Å². The molecule has 0 saturated heterocycles. The summed E-state index contributed by atoms with van der Waals surface area (Å²) in [5.74, 6) is 0.0880. The molecule has 0 atom stereocenters. The number of hydrogen-bond donors (Lipinski definition) is 2. The average molecular weight is 473 g/mol. The van der Waals surface area contributed by atoms with E-state index in [-0.39, 0.29) is 23.3 Å². The first-order valence-corrected chi connectivity index (χ1v) is 10.9. The molecule has 0 saturated carbocycles. The smallest absolute Gasteiger partial charge is 0.234 e. The summed E-state index contributed by atoms with van der Waals surface area (Å²) in [6.07, 6.45) is 0. The summed E-state index contributed by atoms with van der Waals surface area (Å²) >= 11 is 4.63. The van der Waals surface area contributed by atoms with Crippen LogP contribution < -0.4 is 10.6 Å². The molecule has 8 heteroatoms. The van der Waals surface area contributed by atoms with E-state index in [9.17, 15) is 9.59 Å². The third-order valence-corrected chi connectivity index (χ3v) is 5.38. The Morgan fingerprint density at radius 3 is 2.17 bits per heavy atom. The van der Waals surface area contributed by atoms with Gasteiger partial charge in [-0.1, -0.05) is 28.1 Å². The van der Waals surface area contributed by atoms with Crippen molar-refractivity contribution >= 4 is 50.9 Å².